The fraction of sp³-hybridized carbons (Fsp3) is 0.438. The van der Waals surface area contributed by atoms with E-state index in [4.69, 9.17) is 17.3 Å². The van der Waals surface area contributed by atoms with Crippen LogP contribution in [0.1, 0.15) is 37.9 Å². The fourth-order valence-electron chi connectivity index (χ4n) is 2.91. The first-order valence-corrected chi connectivity index (χ1v) is 8.95. The maximum Gasteiger partial charge on any atom is 0.421 e. The summed E-state index contributed by atoms with van der Waals surface area (Å²) >= 11 is 6.22. The maximum absolute atomic E-state index is 13.0. The van der Waals surface area contributed by atoms with Gasteiger partial charge in [-0.2, -0.15) is 23.3 Å². The highest BCUT2D eigenvalue weighted by molar-refractivity contribution is 6.32. The first kappa shape index (κ1) is 20.8. The van der Waals surface area contributed by atoms with Crippen LogP contribution in [-0.2, 0) is 18.3 Å². The van der Waals surface area contributed by atoms with Gasteiger partial charge in [0.25, 0.3) is 0 Å². The summed E-state index contributed by atoms with van der Waals surface area (Å²) in [7, 11) is 0. The van der Waals surface area contributed by atoms with E-state index in [-0.39, 0.29) is 16.8 Å². The SMILES string of the molecule is CCn1cnnc1C(C)(C)n1cc(Nc2nc(C)c(C(F)(F)F)c(N)n2)c(Cl)n1. The Morgan fingerprint density at radius 3 is 2.52 bits per heavy atom. The molecule has 3 aromatic rings. The number of alkyl halides is 3. The molecule has 9 nitrogen and oxygen atoms in total. The van der Waals surface area contributed by atoms with Crippen molar-refractivity contribution in [2.75, 3.05) is 11.1 Å². The molecule has 0 aromatic carbocycles. The molecule has 0 amide bonds. The third-order valence-corrected chi connectivity index (χ3v) is 4.67. The molecule has 156 valence electrons. The molecule has 0 unspecified atom stereocenters. The summed E-state index contributed by atoms with van der Waals surface area (Å²) in [5.74, 6) is -0.132. The second kappa shape index (κ2) is 7.17. The Bertz CT molecular complexity index is 1020. The topological polar surface area (TPSA) is 112 Å². The average molecular weight is 430 g/mol. The van der Waals surface area contributed by atoms with Crippen molar-refractivity contribution >= 4 is 29.1 Å². The zero-order valence-electron chi connectivity index (χ0n) is 16.1. The van der Waals surface area contributed by atoms with Crippen molar-refractivity contribution in [2.24, 2.45) is 0 Å². The summed E-state index contributed by atoms with van der Waals surface area (Å²) in [4.78, 5) is 7.54. The second-order valence-corrected chi connectivity index (χ2v) is 7.15. The number of rotatable bonds is 5. The van der Waals surface area contributed by atoms with Gasteiger partial charge in [0.15, 0.2) is 11.0 Å². The minimum absolute atomic E-state index is 0.0837. The van der Waals surface area contributed by atoms with Crippen molar-refractivity contribution in [3.05, 3.63) is 34.8 Å². The summed E-state index contributed by atoms with van der Waals surface area (Å²) in [6.45, 7) is 7.60. The quantitative estimate of drug-likeness (QED) is 0.639. The summed E-state index contributed by atoms with van der Waals surface area (Å²) in [6.07, 6.45) is -1.44. The van der Waals surface area contributed by atoms with Gasteiger partial charge in [0.05, 0.1) is 17.6 Å². The minimum atomic E-state index is -4.64. The molecule has 0 bridgehead atoms. The second-order valence-electron chi connectivity index (χ2n) is 6.79. The van der Waals surface area contributed by atoms with Crippen LogP contribution in [0.25, 0.3) is 0 Å². The van der Waals surface area contributed by atoms with Crippen LogP contribution in [0.5, 0.6) is 0 Å². The smallest absolute Gasteiger partial charge is 0.383 e. The Kier molecular flexibility index (Phi) is 5.15. The van der Waals surface area contributed by atoms with Crippen LogP contribution in [0.4, 0.5) is 30.6 Å². The lowest BCUT2D eigenvalue weighted by atomic mass is 10.1. The van der Waals surface area contributed by atoms with Crippen LogP contribution < -0.4 is 11.1 Å². The molecule has 3 rings (SSSR count). The molecule has 0 aliphatic carbocycles. The average Bonchev–Trinajstić information content (AvgIpc) is 3.20. The van der Waals surface area contributed by atoms with Crippen molar-refractivity contribution in [3.63, 3.8) is 0 Å². The van der Waals surface area contributed by atoms with Gasteiger partial charge in [-0.15, -0.1) is 10.2 Å². The van der Waals surface area contributed by atoms with Crippen molar-refractivity contribution in [2.45, 2.75) is 46.0 Å². The van der Waals surface area contributed by atoms with Crippen LogP contribution in [0, 0.1) is 6.92 Å². The lowest BCUT2D eigenvalue weighted by Crippen LogP contribution is -2.32. The van der Waals surface area contributed by atoms with Gasteiger partial charge in [0.2, 0.25) is 5.95 Å². The van der Waals surface area contributed by atoms with E-state index in [1.807, 2.05) is 25.3 Å². The summed E-state index contributed by atoms with van der Waals surface area (Å²) < 4.78 is 42.6. The third kappa shape index (κ3) is 3.84. The normalized spacial score (nSPS) is 12.4. The molecule has 3 aromatic heterocycles. The van der Waals surface area contributed by atoms with Crippen LogP contribution in [0.2, 0.25) is 5.15 Å². The van der Waals surface area contributed by atoms with E-state index in [1.54, 1.807) is 17.2 Å². The summed E-state index contributed by atoms with van der Waals surface area (Å²) in [5.41, 5.74) is 3.73. The van der Waals surface area contributed by atoms with Gasteiger partial charge >= 0.3 is 6.18 Å². The third-order valence-electron chi connectivity index (χ3n) is 4.39. The van der Waals surface area contributed by atoms with Crippen LogP contribution in [-0.4, -0.2) is 34.5 Å². The molecule has 0 saturated carbocycles. The van der Waals surface area contributed by atoms with Gasteiger partial charge in [0, 0.05) is 6.54 Å². The number of anilines is 3. The van der Waals surface area contributed by atoms with E-state index in [0.717, 1.165) is 0 Å². The van der Waals surface area contributed by atoms with Gasteiger partial charge in [-0.25, -0.2) is 4.98 Å². The van der Waals surface area contributed by atoms with E-state index in [1.165, 1.54) is 6.92 Å². The van der Waals surface area contributed by atoms with Crippen molar-refractivity contribution < 1.29 is 13.2 Å². The number of aryl methyl sites for hydroxylation is 2. The van der Waals surface area contributed by atoms with E-state index in [0.29, 0.717) is 18.1 Å². The highest BCUT2D eigenvalue weighted by Crippen LogP contribution is 2.36. The van der Waals surface area contributed by atoms with E-state index < -0.39 is 23.1 Å². The zero-order valence-corrected chi connectivity index (χ0v) is 16.8. The molecule has 0 spiro atoms. The van der Waals surface area contributed by atoms with Gasteiger partial charge < -0.3 is 15.6 Å². The van der Waals surface area contributed by atoms with Crippen molar-refractivity contribution in [1.82, 2.24) is 34.5 Å². The van der Waals surface area contributed by atoms with Gasteiger partial charge in [-0.05, 0) is 27.7 Å². The maximum atomic E-state index is 13.0. The van der Waals surface area contributed by atoms with E-state index in [2.05, 4.69) is 30.6 Å². The van der Waals surface area contributed by atoms with Crippen molar-refractivity contribution in [1.29, 1.82) is 0 Å². The first-order chi connectivity index (χ1) is 13.4. The molecule has 3 N–H and O–H groups in total. The van der Waals surface area contributed by atoms with Gasteiger partial charge in [0.1, 0.15) is 23.2 Å². The highest BCUT2D eigenvalue weighted by Gasteiger charge is 2.37. The Morgan fingerprint density at radius 1 is 1.24 bits per heavy atom. The number of halogens is 4. The molecule has 0 radical (unpaired) electrons. The van der Waals surface area contributed by atoms with Gasteiger partial charge in [-0.3, -0.25) is 4.68 Å². The number of aromatic nitrogens is 7. The van der Waals surface area contributed by atoms with E-state index >= 15 is 0 Å². The van der Waals surface area contributed by atoms with Gasteiger partial charge in [-0.1, -0.05) is 11.6 Å². The molecule has 0 aliphatic rings. The van der Waals surface area contributed by atoms with Crippen molar-refractivity contribution in [3.8, 4) is 0 Å². The monoisotopic (exact) mass is 429 g/mol. The summed E-state index contributed by atoms with van der Waals surface area (Å²) in [6, 6.07) is 0. The molecule has 0 saturated heterocycles. The molecule has 0 fully saturated rings. The predicted octanol–water partition coefficient (Wildman–Crippen LogP) is 3.37. The number of hydrogen-bond donors (Lipinski definition) is 2. The Balaban J connectivity index is 1.94. The zero-order chi connectivity index (χ0) is 21.6. The lowest BCUT2D eigenvalue weighted by molar-refractivity contribution is -0.137. The number of nitrogen functional groups attached to an aromatic ring is 1. The number of nitrogens with one attached hydrogen (secondary N) is 1. The standard InChI is InChI=1S/C16H19ClF3N9/c1-5-28-7-22-26-13(28)15(3,4)29-6-9(11(17)27-29)24-14-23-8(2)10(12(21)25-14)16(18,19)20/h6-7H,5H2,1-4H3,(H3,21,23,24,25). The largest absolute Gasteiger partial charge is 0.421 e. The fourth-order valence-corrected chi connectivity index (χ4v) is 3.09. The molecular formula is C16H19ClF3N9. The van der Waals surface area contributed by atoms with E-state index in [9.17, 15) is 13.2 Å². The Morgan fingerprint density at radius 2 is 1.93 bits per heavy atom. The van der Waals surface area contributed by atoms with Crippen LogP contribution in [0.15, 0.2) is 12.5 Å². The first-order valence-electron chi connectivity index (χ1n) is 8.57. The number of nitrogens with two attached hydrogens (primary N) is 1. The Labute approximate surface area is 169 Å². The summed E-state index contributed by atoms with van der Waals surface area (Å²) in [5, 5.41) is 15.2. The molecule has 13 heteroatoms. The van der Waals surface area contributed by atoms with Crippen LogP contribution in [0.3, 0.4) is 0 Å². The molecule has 0 aliphatic heterocycles. The predicted molar refractivity (Wildman–Crippen MR) is 101 cm³/mol. The Hall–Kier alpha value is -2.89. The number of hydrogen-bond acceptors (Lipinski definition) is 7. The minimum Gasteiger partial charge on any atom is -0.383 e. The lowest BCUT2D eigenvalue weighted by Gasteiger charge is -2.24. The molecule has 29 heavy (non-hydrogen) atoms. The molecule has 0 atom stereocenters. The number of nitrogens with zero attached hydrogens (tertiary/aromatic N) is 7. The molecule has 3 heterocycles. The highest BCUT2D eigenvalue weighted by atomic mass is 35.5. The van der Waals surface area contributed by atoms with Crippen LogP contribution >= 0.6 is 11.6 Å². The molecular weight excluding hydrogens is 411 g/mol.